The molecule has 1 aliphatic rings. The molecule has 0 atom stereocenters. The fourth-order valence-electron chi connectivity index (χ4n) is 1.49. The summed E-state index contributed by atoms with van der Waals surface area (Å²) in [7, 11) is -0.546. The van der Waals surface area contributed by atoms with Crippen molar-refractivity contribution in [2.24, 2.45) is 0 Å². The summed E-state index contributed by atoms with van der Waals surface area (Å²) in [5, 5.41) is 3.46. The van der Waals surface area contributed by atoms with E-state index < -0.39 is 10.8 Å². The normalized spacial score (nSPS) is 21.4. The SMILES string of the molecule is CC(C)(C)NCCN1CCS(=O)CC1. The van der Waals surface area contributed by atoms with Crippen molar-refractivity contribution >= 4 is 10.8 Å². The maximum atomic E-state index is 11.1. The molecule has 4 heteroatoms. The van der Waals surface area contributed by atoms with Crippen molar-refractivity contribution in [3.63, 3.8) is 0 Å². The number of hydrogen-bond donors (Lipinski definition) is 1. The van der Waals surface area contributed by atoms with Crippen LogP contribution >= 0.6 is 0 Å². The van der Waals surface area contributed by atoms with Crippen molar-refractivity contribution in [3.8, 4) is 0 Å². The van der Waals surface area contributed by atoms with E-state index in [9.17, 15) is 4.21 Å². The van der Waals surface area contributed by atoms with E-state index in [0.717, 1.165) is 37.7 Å². The predicted octanol–water partition coefficient (Wildman–Crippen LogP) is 0.439. The molecule has 0 aromatic rings. The average molecular weight is 218 g/mol. The van der Waals surface area contributed by atoms with Crippen LogP contribution in [0.2, 0.25) is 0 Å². The Kier molecular flexibility index (Phi) is 4.54. The molecular formula is C10H22N2OS. The smallest absolute Gasteiger partial charge is 0.0363 e. The van der Waals surface area contributed by atoms with Crippen molar-refractivity contribution in [1.29, 1.82) is 0 Å². The molecule has 1 rings (SSSR count). The summed E-state index contributed by atoms with van der Waals surface area (Å²) in [6, 6.07) is 0. The molecule has 1 fully saturated rings. The highest BCUT2D eigenvalue weighted by atomic mass is 32.2. The van der Waals surface area contributed by atoms with Gasteiger partial charge in [0.1, 0.15) is 0 Å². The average Bonchev–Trinajstić information content (AvgIpc) is 2.06. The summed E-state index contributed by atoms with van der Waals surface area (Å²) < 4.78 is 11.1. The second-order valence-corrected chi connectivity index (χ2v) is 6.56. The molecule has 0 saturated carbocycles. The lowest BCUT2D eigenvalue weighted by Crippen LogP contribution is -2.45. The molecule has 3 nitrogen and oxygen atoms in total. The quantitative estimate of drug-likeness (QED) is 0.746. The van der Waals surface area contributed by atoms with Gasteiger partial charge in [-0.25, -0.2) is 0 Å². The van der Waals surface area contributed by atoms with E-state index in [2.05, 4.69) is 31.0 Å². The van der Waals surface area contributed by atoms with Crippen molar-refractivity contribution in [2.75, 3.05) is 37.7 Å². The second-order valence-electron chi connectivity index (χ2n) is 4.87. The van der Waals surface area contributed by atoms with Gasteiger partial charge in [0, 0.05) is 54.0 Å². The Labute approximate surface area is 89.7 Å². The first kappa shape index (κ1) is 12.1. The van der Waals surface area contributed by atoms with E-state index in [1.54, 1.807) is 0 Å². The maximum Gasteiger partial charge on any atom is 0.0363 e. The summed E-state index contributed by atoms with van der Waals surface area (Å²) >= 11 is 0. The van der Waals surface area contributed by atoms with Gasteiger partial charge in [-0.1, -0.05) is 0 Å². The summed E-state index contributed by atoms with van der Waals surface area (Å²) in [5.41, 5.74) is 0.207. The standard InChI is InChI=1S/C10H22N2OS/c1-10(2,3)11-4-5-12-6-8-14(13)9-7-12/h11H,4-9H2,1-3H3. The minimum Gasteiger partial charge on any atom is -0.311 e. The zero-order valence-electron chi connectivity index (χ0n) is 9.51. The van der Waals surface area contributed by atoms with Crippen molar-refractivity contribution < 1.29 is 4.21 Å². The van der Waals surface area contributed by atoms with E-state index >= 15 is 0 Å². The van der Waals surface area contributed by atoms with Crippen molar-refractivity contribution in [3.05, 3.63) is 0 Å². The minimum absolute atomic E-state index is 0.207. The van der Waals surface area contributed by atoms with Gasteiger partial charge in [0.05, 0.1) is 0 Å². The first-order valence-electron chi connectivity index (χ1n) is 5.30. The first-order chi connectivity index (χ1) is 6.47. The molecule has 1 heterocycles. The van der Waals surface area contributed by atoms with Gasteiger partial charge < -0.3 is 10.2 Å². The van der Waals surface area contributed by atoms with Crippen LogP contribution in [0.5, 0.6) is 0 Å². The van der Waals surface area contributed by atoms with E-state index in [4.69, 9.17) is 0 Å². The van der Waals surface area contributed by atoms with Gasteiger partial charge in [-0.3, -0.25) is 4.21 Å². The van der Waals surface area contributed by atoms with Gasteiger partial charge in [-0.15, -0.1) is 0 Å². The van der Waals surface area contributed by atoms with Crippen LogP contribution in [-0.2, 0) is 10.8 Å². The van der Waals surface area contributed by atoms with Crippen molar-refractivity contribution in [2.45, 2.75) is 26.3 Å². The van der Waals surface area contributed by atoms with Crippen LogP contribution in [-0.4, -0.2) is 52.3 Å². The van der Waals surface area contributed by atoms with Gasteiger partial charge in [0.25, 0.3) is 0 Å². The molecule has 0 spiro atoms. The van der Waals surface area contributed by atoms with Gasteiger partial charge in [0.15, 0.2) is 0 Å². The summed E-state index contributed by atoms with van der Waals surface area (Å²) in [5.74, 6) is 1.71. The molecule has 0 aromatic carbocycles. The zero-order chi connectivity index (χ0) is 10.6. The van der Waals surface area contributed by atoms with Gasteiger partial charge in [0.2, 0.25) is 0 Å². The molecule has 0 amide bonds. The molecule has 0 radical (unpaired) electrons. The Balaban J connectivity index is 2.10. The minimum atomic E-state index is -0.546. The van der Waals surface area contributed by atoms with Crippen LogP contribution in [0, 0.1) is 0 Å². The Hall–Kier alpha value is 0.0700. The maximum absolute atomic E-state index is 11.1. The summed E-state index contributed by atoms with van der Waals surface area (Å²) in [6.07, 6.45) is 0. The summed E-state index contributed by atoms with van der Waals surface area (Å²) in [6.45, 7) is 10.6. The van der Waals surface area contributed by atoms with Crippen LogP contribution in [0.15, 0.2) is 0 Å². The lowest BCUT2D eigenvalue weighted by atomic mass is 10.1. The molecule has 1 aliphatic heterocycles. The number of nitrogens with zero attached hydrogens (tertiary/aromatic N) is 1. The lowest BCUT2D eigenvalue weighted by molar-refractivity contribution is 0.282. The fourth-order valence-corrected chi connectivity index (χ4v) is 2.62. The van der Waals surface area contributed by atoms with E-state index in [1.165, 1.54) is 0 Å². The topological polar surface area (TPSA) is 32.3 Å². The number of rotatable bonds is 3. The molecule has 1 N–H and O–H groups in total. The van der Waals surface area contributed by atoms with Gasteiger partial charge in [-0.2, -0.15) is 0 Å². The van der Waals surface area contributed by atoms with E-state index in [-0.39, 0.29) is 5.54 Å². The second kappa shape index (κ2) is 5.24. The highest BCUT2D eigenvalue weighted by Crippen LogP contribution is 2.01. The van der Waals surface area contributed by atoms with Crippen LogP contribution in [0.4, 0.5) is 0 Å². The fraction of sp³-hybridized carbons (Fsp3) is 1.00. The molecule has 0 bridgehead atoms. The molecule has 0 unspecified atom stereocenters. The van der Waals surface area contributed by atoms with Crippen LogP contribution in [0.3, 0.4) is 0 Å². The number of hydrogen-bond acceptors (Lipinski definition) is 3. The Morgan fingerprint density at radius 2 is 1.86 bits per heavy atom. The summed E-state index contributed by atoms with van der Waals surface area (Å²) in [4.78, 5) is 2.39. The van der Waals surface area contributed by atoms with Gasteiger partial charge in [-0.05, 0) is 20.8 Å². The van der Waals surface area contributed by atoms with Crippen molar-refractivity contribution in [1.82, 2.24) is 10.2 Å². The lowest BCUT2D eigenvalue weighted by Gasteiger charge is -2.28. The third-order valence-corrected chi connectivity index (χ3v) is 3.63. The molecule has 1 saturated heterocycles. The van der Waals surface area contributed by atoms with E-state index in [1.807, 2.05) is 0 Å². The Bertz CT molecular complexity index is 191. The molecule has 0 aliphatic carbocycles. The first-order valence-corrected chi connectivity index (χ1v) is 6.78. The monoisotopic (exact) mass is 218 g/mol. The van der Waals surface area contributed by atoms with Gasteiger partial charge >= 0.3 is 0 Å². The molecule has 14 heavy (non-hydrogen) atoms. The van der Waals surface area contributed by atoms with Crippen LogP contribution in [0.25, 0.3) is 0 Å². The third kappa shape index (κ3) is 5.08. The zero-order valence-corrected chi connectivity index (χ0v) is 10.3. The highest BCUT2D eigenvalue weighted by molar-refractivity contribution is 7.85. The molecule has 84 valence electrons. The number of nitrogens with one attached hydrogen (secondary N) is 1. The predicted molar refractivity (Wildman–Crippen MR) is 62.1 cm³/mol. The van der Waals surface area contributed by atoms with Crippen LogP contribution < -0.4 is 5.32 Å². The van der Waals surface area contributed by atoms with Crippen LogP contribution in [0.1, 0.15) is 20.8 Å². The van der Waals surface area contributed by atoms with E-state index in [0.29, 0.717) is 0 Å². The largest absolute Gasteiger partial charge is 0.311 e. The molecule has 0 aromatic heterocycles. The molecular weight excluding hydrogens is 196 g/mol. The third-order valence-electron chi connectivity index (χ3n) is 2.35. The Morgan fingerprint density at radius 3 is 2.36 bits per heavy atom. The highest BCUT2D eigenvalue weighted by Gasteiger charge is 2.15. The Morgan fingerprint density at radius 1 is 1.29 bits per heavy atom.